The first-order chi connectivity index (χ1) is 12.4. The molecule has 1 fully saturated rings. The van der Waals surface area contributed by atoms with Gasteiger partial charge in [-0.15, -0.1) is 0 Å². The van der Waals surface area contributed by atoms with E-state index < -0.39 is 9.84 Å². The van der Waals surface area contributed by atoms with E-state index in [4.69, 9.17) is 0 Å². The third-order valence-electron chi connectivity index (χ3n) is 5.44. The summed E-state index contributed by atoms with van der Waals surface area (Å²) < 4.78 is 24.7. The topological polar surface area (TPSA) is 34.1 Å². The van der Waals surface area contributed by atoms with Crippen LogP contribution in [0.3, 0.4) is 0 Å². The van der Waals surface area contributed by atoms with Gasteiger partial charge in [0.15, 0.2) is 9.84 Å². The summed E-state index contributed by atoms with van der Waals surface area (Å²) in [6, 6.07) is 16.0. The van der Waals surface area contributed by atoms with Gasteiger partial charge in [-0.3, -0.25) is 0 Å². The molecule has 0 N–H and O–H groups in total. The van der Waals surface area contributed by atoms with Crippen molar-refractivity contribution in [2.45, 2.75) is 30.6 Å². The highest BCUT2D eigenvalue weighted by Crippen LogP contribution is 2.51. The fourth-order valence-corrected chi connectivity index (χ4v) is 5.07. The van der Waals surface area contributed by atoms with Gasteiger partial charge in [-0.2, -0.15) is 0 Å². The minimum atomic E-state index is -3.17. The zero-order chi connectivity index (χ0) is 18.4. The van der Waals surface area contributed by atoms with E-state index in [0.717, 1.165) is 5.56 Å². The maximum atomic E-state index is 11.8. The van der Waals surface area contributed by atoms with Gasteiger partial charge >= 0.3 is 0 Å². The van der Waals surface area contributed by atoms with Gasteiger partial charge in [0, 0.05) is 15.2 Å². The Morgan fingerprint density at radius 2 is 1.27 bits per heavy atom. The van der Waals surface area contributed by atoms with Crippen molar-refractivity contribution in [1.29, 1.82) is 0 Å². The maximum absolute atomic E-state index is 11.8. The zero-order valence-electron chi connectivity index (χ0n) is 14.7. The highest BCUT2D eigenvalue weighted by atomic mass is 127. The lowest BCUT2D eigenvalue weighted by Crippen LogP contribution is -2.05. The molecule has 0 aliphatic heterocycles. The van der Waals surface area contributed by atoms with Crippen molar-refractivity contribution < 1.29 is 8.42 Å². The maximum Gasteiger partial charge on any atom is 0.175 e. The third-order valence-corrected chi connectivity index (χ3v) is 7.28. The molecular weight excluding hydrogens is 455 g/mol. The number of sulfone groups is 1. The first-order valence-electron chi connectivity index (χ1n) is 8.89. The fourth-order valence-electron chi connectivity index (χ4n) is 4.08. The van der Waals surface area contributed by atoms with Gasteiger partial charge < -0.3 is 0 Å². The lowest BCUT2D eigenvalue weighted by atomic mass is 9.88. The van der Waals surface area contributed by atoms with Crippen molar-refractivity contribution >= 4 is 43.6 Å². The van der Waals surface area contributed by atoms with Crippen LogP contribution >= 0.6 is 22.6 Å². The molecule has 2 aromatic rings. The van der Waals surface area contributed by atoms with Crippen molar-refractivity contribution in [3.8, 4) is 0 Å². The van der Waals surface area contributed by atoms with Gasteiger partial charge in [0.1, 0.15) is 0 Å². The van der Waals surface area contributed by atoms with E-state index in [2.05, 4.69) is 59.0 Å². The monoisotopic (exact) mass is 476 g/mol. The van der Waals surface area contributed by atoms with Crippen LogP contribution in [0.5, 0.6) is 0 Å². The number of allylic oxidation sites excluding steroid dienone is 4. The Morgan fingerprint density at radius 3 is 1.73 bits per heavy atom. The van der Waals surface area contributed by atoms with E-state index in [0.29, 0.717) is 4.90 Å². The Hall–Kier alpha value is -1.40. The number of hydrogen-bond acceptors (Lipinski definition) is 2. The highest BCUT2D eigenvalue weighted by Gasteiger charge is 2.35. The molecule has 2 nitrogen and oxygen atoms in total. The Kier molecular flexibility index (Phi) is 4.59. The standard InChI is InChI=1S/C22H21IO2S/c1-26(24,25)19-10-6-17(7-11-19)21-15-22(12-2-3-13-22)14-20(21)16-4-8-18(23)9-5-16/h4-11,14-15H,2-3,12-13H2,1H3. The van der Waals surface area contributed by atoms with E-state index >= 15 is 0 Å². The molecule has 0 radical (unpaired) electrons. The minimum absolute atomic E-state index is 0.170. The SMILES string of the molecule is CS(=O)(=O)c1ccc(C2=CC3(C=C2c2ccc(I)cc2)CCCC3)cc1. The van der Waals surface area contributed by atoms with Gasteiger partial charge in [0.25, 0.3) is 0 Å². The summed E-state index contributed by atoms with van der Waals surface area (Å²) in [5.41, 5.74) is 4.99. The van der Waals surface area contributed by atoms with Crippen LogP contribution in [0.4, 0.5) is 0 Å². The summed E-state index contributed by atoms with van der Waals surface area (Å²) in [6.07, 6.45) is 11.1. The third kappa shape index (κ3) is 3.41. The van der Waals surface area contributed by atoms with E-state index in [1.54, 1.807) is 12.1 Å². The van der Waals surface area contributed by atoms with E-state index in [9.17, 15) is 8.42 Å². The number of halogens is 1. The molecule has 2 aromatic carbocycles. The van der Waals surface area contributed by atoms with Gasteiger partial charge in [-0.05, 0) is 82.0 Å². The summed E-state index contributed by atoms with van der Waals surface area (Å²) in [5, 5.41) is 0. The van der Waals surface area contributed by atoms with Crippen molar-refractivity contribution in [3.05, 3.63) is 75.4 Å². The van der Waals surface area contributed by atoms with Crippen LogP contribution in [0.25, 0.3) is 11.1 Å². The van der Waals surface area contributed by atoms with Crippen LogP contribution in [0.2, 0.25) is 0 Å². The molecule has 1 spiro atoms. The number of rotatable bonds is 3. The lowest BCUT2D eigenvalue weighted by Gasteiger charge is -2.16. The van der Waals surface area contributed by atoms with E-state index in [-0.39, 0.29) is 5.41 Å². The van der Waals surface area contributed by atoms with Crippen molar-refractivity contribution in [2.75, 3.05) is 6.26 Å². The molecule has 4 heteroatoms. The molecule has 0 bridgehead atoms. The van der Waals surface area contributed by atoms with Gasteiger partial charge in [0.2, 0.25) is 0 Å². The average Bonchev–Trinajstić information content (AvgIpc) is 3.22. The molecule has 26 heavy (non-hydrogen) atoms. The molecule has 134 valence electrons. The molecule has 1 saturated carbocycles. The first kappa shape index (κ1) is 18.0. The van der Waals surface area contributed by atoms with Crippen molar-refractivity contribution in [2.24, 2.45) is 5.41 Å². The predicted octanol–water partition coefficient (Wildman–Crippen LogP) is 5.74. The summed E-state index contributed by atoms with van der Waals surface area (Å²) in [7, 11) is -3.17. The van der Waals surface area contributed by atoms with Crippen LogP contribution in [-0.4, -0.2) is 14.7 Å². The van der Waals surface area contributed by atoms with Crippen molar-refractivity contribution in [3.63, 3.8) is 0 Å². The number of hydrogen-bond donors (Lipinski definition) is 0. The molecule has 0 saturated heterocycles. The highest BCUT2D eigenvalue weighted by molar-refractivity contribution is 14.1. The van der Waals surface area contributed by atoms with Crippen LogP contribution in [0, 0.1) is 8.99 Å². The molecule has 0 unspecified atom stereocenters. The molecule has 4 rings (SSSR count). The molecule has 0 atom stereocenters. The van der Waals surface area contributed by atoms with Crippen LogP contribution < -0.4 is 0 Å². The van der Waals surface area contributed by atoms with Gasteiger partial charge in [-0.1, -0.05) is 49.3 Å². The molecule has 0 amide bonds. The Labute approximate surface area is 169 Å². The molecule has 2 aliphatic rings. The number of benzene rings is 2. The summed E-state index contributed by atoms with van der Waals surface area (Å²) in [6.45, 7) is 0. The second-order valence-electron chi connectivity index (χ2n) is 7.36. The summed E-state index contributed by atoms with van der Waals surface area (Å²) >= 11 is 2.33. The van der Waals surface area contributed by atoms with Crippen LogP contribution in [-0.2, 0) is 9.84 Å². The van der Waals surface area contributed by atoms with E-state index in [1.165, 1.54) is 52.2 Å². The molecule has 0 heterocycles. The molecule has 0 aromatic heterocycles. The van der Waals surface area contributed by atoms with Gasteiger partial charge in [-0.25, -0.2) is 8.42 Å². The Bertz CT molecular complexity index is 991. The second-order valence-corrected chi connectivity index (χ2v) is 10.6. The van der Waals surface area contributed by atoms with Crippen LogP contribution in [0.15, 0.2) is 65.6 Å². The largest absolute Gasteiger partial charge is 0.224 e. The molecule has 2 aliphatic carbocycles. The smallest absolute Gasteiger partial charge is 0.175 e. The Morgan fingerprint density at radius 1 is 0.808 bits per heavy atom. The first-order valence-corrected chi connectivity index (χ1v) is 11.9. The Balaban J connectivity index is 1.79. The quantitative estimate of drug-likeness (QED) is 0.530. The normalized spacial score (nSPS) is 18.8. The summed E-state index contributed by atoms with van der Waals surface area (Å²) in [4.78, 5) is 0.371. The second kappa shape index (κ2) is 6.64. The summed E-state index contributed by atoms with van der Waals surface area (Å²) in [5.74, 6) is 0. The van der Waals surface area contributed by atoms with Crippen molar-refractivity contribution in [1.82, 2.24) is 0 Å². The average molecular weight is 476 g/mol. The van der Waals surface area contributed by atoms with Crippen LogP contribution in [0.1, 0.15) is 36.8 Å². The predicted molar refractivity (Wildman–Crippen MR) is 116 cm³/mol. The van der Waals surface area contributed by atoms with Gasteiger partial charge in [0.05, 0.1) is 4.90 Å². The zero-order valence-corrected chi connectivity index (χ0v) is 17.7. The lowest BCUT2D eigenvalue weighted by molar-refractivity contribution is 0.523. The van der Waals surface area contributed by atoms with E-state index in [1.807, 2.05) is 12.1 Å². The fraction of sp³-hybridized carbons (Fsp3) is 0.273. The molecular formula is C22H21IO2S. The minimum Gasteiger partial charge on any atom is -0.224 e.